The Morgan fingerprint density at radius 3 is 1.07 bits per heavy atom. The average Bonchev–Trinajstić information content (AvgIpc) is 3.06. The Morgan fingerprint density at radius 2 is 0.733 bits per heavy atom. The van der Waals surface area contributed by atoms with Gasteiger partial charge < -0.3 is 10.6 Å². The summed E-state index contributed by atoms with van der Waals surface area (Å²) in [5.41, 5.74) is 2.47. The number of pyridine rings is 2. The third-order valence-electron chi connectivity index (χ3n) is 8.96. The fraction of sp³-hybridized carbons (Fsp3) is 0.744. The SMILES string of the molecule is CCCCCCCCCCNc1cc[n+](C(Br)CCCCCCCC(Br)[n+]2ccc(NCCCCCCCCCC)cc2)cc1. The van der Waals surface area contributed by atoms with Gasteiger partial charge in [0.1, 0.15) is 0 Å². The van der Waals surface area contributed by atoms with Crippen LogP contribution in [0.15, 0.2) is 49.1 Å². The van der Waals surface area contributed by atoms with Crippen LogP contribution in [0.5, 0.6) is 0 Å². The van der Waals surface area contributed by atoms with Gasteiger partial charge in [-0.2, -0.15) is 9.13 Å². The van der Waals surface area contributed by atoms with Crippen LogP contribution in [-0.4, -0.2) is 13.1 Å². The molecule has 2 aromatic heterocycles. The van der Waals surface area contributed by atoms with Crippen molar-refractivity contribution in [3.8, 4) is 0 Å². The second-order valence-corrected chi connectivity index (χ2v) is 15.2. The van der Waals surface area contributed by atoms with Crippen molar-refractivity contribution in [1.82, 2.24) is 0 Å². The van der Waals surface area contributed by atoms with E-state index >= 15 is 0 Å². The number of alkyl halides is 2. The standard InChI is InChI=1S/C39H66Br2N4/c1-3-5-7-9-11-13-18-22-30-42-36-26-32-44(33-27-36)38(40)24-20-16-15-17-21-25-39(41)45-34-28-37(29-35-45)43-31-23-19-14-12-10-8-6-4-2/h26-29,32-35,38-39H,3-25,30-31H2,1-2H3/p+2. The molecule has 0 saturated carbocycles. The van der Waals surface area contributed by atoms with Crippen LogP contribution in [0.4, 0.5) is 11.4 Å². The fourth-order valence-corrected chi connectivity index (χ4v) is 7.12. The summed E-state index contributed by atoms with van der Waals surface area (Å²) in [6, 6.07) is 8.87. The van der Waals surface area contributed by atoms with Crippen LogP contribution in [0, 0.1) is 0 Å². The van der Waals surface area contributed by atoms with Crippen molar-refractivity contribution in [2.24, 2.45) is 0 Å². The number of anilines is 2. The first-order valence-corrected chi connectivity index (χ1v) is 20.7. The number of hydrogen-bond donors (Lipinski definition) is 2. The van der Waals surface area contributed by atoms with Crippen LogP contribution < -0.4 is 19.8 Å². The second-order valence-electron chi connectivity index (χ2n) is 13.1. The lowest BCUT2D eigenvalue weighted by atomic mass is 10.1. The third-order valence-corrected chi connectivity index (χ3v) is 10.8. The Labute approximate surface area is 295 Å². The van der Waals surface area contributed by atoms with E-state index in [2.05, 4.69) is 115 Å². The second kappa shape index (κ2) is 27.9. The number of hydrogen-bond acceptors (Lipinski definition) is 2. The van der Waals surface area contributed by atoms with E-state index in [9.17, 15) is 0 Å². The summed E-state index contributed by atoms with van der Waals surface area (Å²) < 4.78 is 4.59. The van der Waals surface area contributed by atoms with Crippen LogP contribution in [-0.2, 0) is 0 Å². The van der Waals surface area contributed by atoms with Crippen LogP contribution >= 0.6 is 31.9 Å². The minimum atomic E-state index is 0.375. The molecule has 0 aliphatic heterocycles. The molecule has 4 nitrogen and oxygen atoms in total. The van der Waals surface area contributed by atoms with Gasteiger partial charge in [0.2, 0.25) is 9.90 Å². The first-order valence-electron chi connectivity index (χ1n) is 18.9. The van der Waals surface area contributed by atoms with Crippen LogP contribution in [0.1, 0.15) is 171 Å². The quantitative estimate of drug-likeness (QED) is 0.0473. The lowest BCUT2D eigenvalue weighted by Crippen LogP contribution is -2.35. The van der Waals surface area contributed by atoms with Crippen molar-refractivity contribution in [1.29, 1.82) is 0 Å². The first kappa shape index (κ1) is 40.0. The Balaban J connectivity index is 1.45. The third kappa shape index (κ3) is 20.7. The molecule has 0 spiro atoms. The molecule has 2 heterocycles. The van der Waals surface area contributed by atoms with E-state index in [4.69, 9.17) is 0 Å². The Hall–Kier alpha value is -1.14. The predicted molar refractivity (Wildman–Crippen MR) is 204 cm³/mol. The average molecular weight is 753 g/mol. The molecule has 0 aliphatic rings. The Morgan fingerprint density at radius 1 is 0.444 bits per heavy atom. The monoisotopic (exact) mass is 750 g/mol. The Bertz CT molecular complexity index is 846. The molecule has 0 radical (unpaired) electrons. The van der Waals surface area contributed by atoms with E-state index < -0.39 is 0 Å². The molecule has 0 saturated heterocycles. The van der Waals surface area contributed by atoms with Crippen molar-refractivity contribution >= 4 is 43.2 Å². The molecule has 2 aromatic rings. The zero-order valence-electron chi connectivity index (χ0n) is 29.1. The highest BCUT2D eigenvalue weighted by Gasteiger charge is 2.15. The van der Waals surface area contributed by atoms with Gasteiger partial charge in [0.25, 0.3) is 0 Å². The van der Waals surface area contributed by atoms with Gasteiger partial charge in [0, 0.05) is 61.6 Å². The van der Waals surface area contributed by atoms with Crippen molar-refractivity contribution in [3.63, 3.8) is 0 Å². The maximum atomic E-state index is 3.91. The van der Waals surface area contributed by atoms with E-state index in [-0.39, 0.29) is 0 Å². The highest BCUT2D eigenvalue weighted by Crippen LogP contribution is 2.21. The summed E-state index contributed by atoms with van der Waals surface area (Å²) >= 11 is 7.82. The van der Waals surface area contributed by atoms with E-state index in [0.29, 0.717) is 9.90 Å². The summed E-state index contributed by atoms with van der Waals surface area (Å²) in [5.74, 6) is 0. The minimum absolute atomic E-state index is 0.375. The maximum Gasteiger partial charge on any atom is 0.211 e. The predicted octanol–water partition coefficient (Wildman–Crippen LogP) is 12.6. The van der Waals surface area contributed by atoms with Crippen LogP contribution in [0.25, 0.3) is 0 Å². The molecule has 256 valence electrons. The molecule has 2 atom stereocenters. The normalized spacial score (nSPS) is 12.7. The van der Waals surface area contributed by atoms with Crippen LogP contribution in [0.2, 0.25) is 0 Å². The van der Waals surface area contributed by atoms with Crippen molar-refractivity contribution in [2.75, 3.05) is 23.7 Å². The maximum absolute atomic E-state index is 3.91. The van der Waals surface area contributed by atoms with Gasteiger partial charge in [-0.25, -0.2) is 0 Å². The number of aromatic nitrogens is 2. The fourth-order valence-electron chi connectivity index (χ4n) is 5.92. The number of unbranched alkanes of at least 4 members (excludes halogenated alkanes) is 18. The number of rotatable bonds is 30. The van der Waals surface area contributed by atoms with E-state index in [1.165, 1.54) is 159 Å². The highest BCUT2D eigenvalue weighted by atomic mass is 79.9. The van der Waals surface area contributed by atoms with Crippen LogP contribution in [0.3, 0.4) is 0 Å². The van der Waals surface area contributed by atoms with E-state index in [1.54, 1.807) is 0 Å². The summed E-state index contributed by atoms with van der Waals surface area (Å²) in [6.45, 7) is 6.73. The molecule has 0 aliphatic carbocycles. The van der Waals surface area contributed by atoms with Gasteiger partial charge in [-0.15, -0.1) is 0 Å². The molecule has 0 fully saturated rings. The summed E-state index contributed by atoms with van der Waals surface area (Å²) in [7, 11) is 0. The van der Waals surface area contributed by atoms with Gasteiger partial charge in [-0.3, -0.25) is 0 Å². The number of nitrogens with one attached hydrogen (secondary N) is 2. The number of nitrogens with zero attached hydrogens (tertiary/aromatic N) is 2. The minimum Gasteiger partial charge on any atom is -0.385 e. The summed E-state index contributed by atoms with van der Waals surface area (Å²) in [6.07, 6.45) is 39.6. The molecular formula is C39H68Br2N4+2. The summed E-state index contributed by atoms with van der Waals surface area (Å²) in [5, 5.41) is 7.19. The van der Waals surface area contributed by atoms with Gasteiger partial charge >= 0.3 is 0 Å². The topological polar surface area (TPSA) is 31.8 Å². The molecule has 0 aromatic carbocycles. The van der Waals surface area contributed by atoms with E-state index in [0.717, 1.165) is 13.1 Å². The van der Waals surface area contributed by atoms with Gasteiger partial charge in [-0.1, -0.05) is 123 Å². The largest absolute Gasteiger partial charge is 0.385 e. The molecule has 6 heteroatoms. The first-order chi connectivity index (χ1) is 22.1. The van der Waals surface area contributed by atoms with Crippen molar-refractivity contribution in [3.05, 3.63) is 49.1 Å². The molecule has 2 unspecified atom stereocenters. The van der Waals surface area contributed by atoms with Crippen molar-refractivity contribution in [2.45, 2.75) is 171 Å². The molecular weight excluding hydrogens is 684 g/mol. The molecule has 2 N–H and O–H groups in total. The zero-order chi connectivity index (χ0) is 32.2. The Kier molecular flexibility index (Phi) is 24.8. The van der Waals surface area contributed by atoms with Gasteiger partial charge in [0.15, 0.2) is 24.8 Å². The lowest BCUT2D eigenvalue weighted by Gasteiger charge is -2.09. The molecule has 0 bridgehead atoms. The molecule has 2 rings (SSSR count). The van der Waals surface area contributed by atoms with E-state index in [1.807, 2.05) is 0 Å². The van der Waals surface area contributed by atoms with Gasteiger partial charge in [0.05, 0.1) is 0 Å². The molecule has 45 heavy (non-hydrogen) atoms. The van der Waals surface area contributed by atoms with Gasteiger partial charge in [-0.05, 0) is 57.5 Å². The van der Waals surface area contributed by atoms with Crippen molar-refractivity contribution < 1.29 is 9.13 Å². The molecule has 0 amide bonds. The number of halogens is 2. The smallest absolute Gasteiger partial charge is 0.211 e. The highest BCUT2D eigenvalue weighted by molar-refractivity contribution is 9.09. The lowest BCUT2D eigenvalue weighted by molar-refractivity contribution is -0.698. The summed E-state index contributed by atoms with van der Waals surface area (Å²) in [4.78, 5) is 0.751. The zero-order valence-corrected chi connectivity index (χ0v) is 32.3.